The molecule has 3 heterocycles. The summed E-state index contributed by atoms with van der Waals surface area (Å²) < 4.78 is 7.67. The highest BCUT2D eigenvalue weighted by Gasteiger charge is 2.27. The molecule has 0 radical (unpaired) electrons. The Balaban J connectivity index is 1.44. The van der Waals surface area contributed by atoms with Crippen LogP contribution in [0.15, 0.2) is 67.0 Å². The lowest BCUT2D eigenvalue weighted by Crippen LogP contribution is -2.35. The summed E-state index contributed by atoms with van der Waals surface area (Å²) >= 11 is 6.11. The van der Waals surface area contributed by atoms with Crippen molar-refractivity contribution in [3.8, 4) is 28.1 Å². The largest absolute Gasteiger partial charge is 0.489 e. The van der Waals surface area contributed by atoms with Crippen molar-refractivity contribution in [2.75, 3.05) is 6.54 Å². The maximum atomic E-state index is 12.7. The van der Waals surface area contributed by atoms with E-state index in [0.29, 0.717) is 41.8 Å². The molecular formula is C25H18ClN5O2. The van der Waals surface area contributed by atoms with E-state index in [4.69, 9.17) is 28.0 Å². The van der Waals surface area contributed by atoms with Crippen LogP contribution in [0.5, 0.6) is 5.75 Å². The predicted molar refractivity (Wildman–Crippen MR) is 125 cm³/mol. The fourth-order valence-corrected chi connectivity index (χ4v) is 4.06. The molecule has 2 aromatic heterocycles. The van der Waals surface area contributed by atoms with Crippen molar-refractivity contribution in [2.24, 2.45) is 0 Å². The van der Waals surface area contributed by atoms with Crippen LogP contribution in [0.25, 0.3) is 27.2 Å². The Morgan fingerprint density at radius 3 is 2.61 bits per heavy atom. The van der Waals surface area contributed by atoms with E-state index in [-0.39, 0.29) is 5.91 Å². The topological polar surface area (TPSA) is 73.4 Å². The first-order valence-corrected chi connectivity index (χ1v) is 10.7. The van der Waals surface area contributed by atoms with Crippen LogP contribution in [-0.4, -0.2) is 27.2 Å². The summed E-state index contributed by atoms with van der Waals surface area (Å²) in [5.41, 5.74) is 5.14. The van der Waals surface area contributed by atoms with Crippen molar-refractivity contribution in [1.29, 1.82) is 0 Å². The molecule has 2 aromatic carbocycles. The third-order valence-electron chi connectivity index (χ3n) is 5.41. The number of hydrogen-bond acceptors (Lipinski definition) is 4. The van der Waals surface area contributed by atoms with Gasteiger partial charge in [0.15, 0.2) is 0 Å². The second kappa shape index (κ2) is 8.77. The molecule has 1 aliphatic rings. The van der Waals surface area contributed by atoms with Crippen LogP contribution in [0.4, 0.5) is 5.69 Å². The number of benzene rings is 2. The minimum absolute atomic E-state index is 0.135. The molecule has 162 valence electrons. The van der Waals surface area contributed by atoms with Gasteiger partial charge in [0, 0.05) is 35.1 Å². The lowest BCUT2D eigenvalue weighted by Gasteiger charge is -2.15. The number of hydrogen-bond donors (Lipinski definition) is 1. The summed E-state index contributed by atoms with van der Waals surface area (Å²) in [7, 11) is 0. The van der Waals surface area contributed by atoms with Crippen LogP contribution < -0.4 is 10.1 Å². The lowest BCUT2D eigenvalue weighted by atomic mass is 9.98. The van der Waals surface area contributed by atoms with Crippen molar-refractivity contribution in [3.05, 3.63) is 94.7 Å². The van der Waals surface area contributed by atoms with Gasteiger partial charge in [-0.05, 0) is 41.5 Å². The number of nitrogens with one attached hydrogen (secondary N) is 1. The zero-order valence-corrected chi connectivity index (χ0v) is 18.2. The average molecular weight is 456 g/mol. The summed E-state index contributed by atoms with van der Waals surface area (Å²) in [6.07, 6.45) is 3.43. The zero-order valence-electron chi connectivity index (χ0n) is 17.5. The monoisotopic (exact) mass is 455 g/mol. The highest BCUT2D eigenvalue weighted by molar-refractivity contribution is 6.33. The van der Waals surface area contributed by atoms with Crippen molar-refractivity contribution < 1.29 is 9.53 Å². The number of carbonyl (C=O) groups is 1. The maximum Gasteiger partial charge on any atom is 0.270 e. The van der Waals surface area contributed by atoms with Crippen LogP contribution in [0.1, 0.15) is 16.1 Å². The molecule has 5 rings (SSSR count). The van der Waals surface area contributed by atoms with E-state index in [9.17, 15) is 4.79 Å². The molecule has 1 N–H and O–H groups in total. The first kappa shape index (κ1) is 20.7. The third kappa shape index (κ3) is 4.04. The lowest BCUT2D eigenvalue weighted by molar-refractivity contribution is 0.0925. The second-order valence-electron chi connectivity index (χ2n) is 7.50. The minimum Gasteiger partial charge on any atom is -0.489 e. The van der Waals surface area contributed by atoms with E-state index >= 15 is 0 Å². The number of fused-ring (bicyclic) bond motifs is 1. The highest BCUT2D eigenvalue weighted by Crippen LogP contribution is 2.36. The van der Waals surface area contributed by atoms with E-state index in [0.717, 1.165) is 27.9 Å². The van der Waals surface area contributed by atoms with Crippen molar-refractivity contribution in [2.45, 2.75) is 13.2 Å². The Bertz CT molecular complexity index is 1370. The minimum atomic E-state index is -0.135. The van der Waals surface area contributed by atoms with Crippen molar-refractivity contribution in [1.82, 2.24) is 20.1 Å². The fourth-order valence-electron chi connectivity index (χ4n) is 3.81. The standard InChI is InChI=1S/C25H18ClN5O2/c1-27-21-7-2-16(14-20(21)26)15-33-19-5-3-17(4-6-19)22-23(18-8-10-28-11-9-18)30-31-13-12-29-25(32)24(22)31/h2-11,14H,12-13,15H2,(H,29,32). The molecule has 4 aromatic rings. The highest BCUT2D eigenvalue weighted by atomic mass is 35.5. The molecule has 0 atom stereocenters. The van der Waals surface area contributed by atoms with Gasteiger partial charge in [0.2, 0.25) is 5.69 Å². The van der Waals surface area contributed by atoms with Crippen LogP contribution >= 0.6 is 11.6 Å². The number of halogens is 1. The predicted octanol–water partition coefficient (Wildman–Crippen LogP) is 5.14. The molecule has 8 heteroatoms. The number of rotatable bonds is 5. The van der Waals surface area contributed by atoms with E-state index in [1.54, 1.807) is 29.2 Å². The van der Waals surface area contributed by atoms with Gasteiger partial charge in [-0.3, -0.25) is 14.5 Å². The van der Waals surface area contributed by atoms with Crippen molar-refractivity contribution in [3.63, 3.8) is 0 Å². The molecule has 0 fully saturated rings. The summed E-state index contributed by atoms with van der Waals surface area (Å²) in [5, 5.41) is 8.05. The quantitative estimate of drug-likeness (QED) is 0.423. The smallest absolute Gasteiger partial charge is 0.270 e. The molecular weight excluding hydrogens is 438 g/mol. The molecule has 7 nitrogen and oxygen atoms in total. The number of aromatic nitrogens is 3. The molecule has 33 heavy (non-hydrogen) atoms. The molecule has 0 bridgehead atoms. The number of pyridine rings is 1. The van der Waals surface area contributed by atoms with Gasteiger partial charge >= 0.3 is 0 Å². The molecule has 1 aliphatic heterocycles. The molecule has 0 saturated heterocycles. The SMILES string of the molecule is [C-]#[N+]c1ccc(COc2ccc(-c3c(-c4ccncc4)nn4c3C(=O)NCC4)cc2)cc1Cl. The number of amides is 1. The zero-order chi connectivity index (χ0) is 22.8. The summed E-state index contributed by atoms with van der Waals surface area (Å²) in [6.45, 7) is 8.58. The van der Waals surface area contributed by atoms with Crippen LogP contribution in [0.2, 0.25) is 5.02 Å². The van der Waals surface area contributed by atoms with Gasteiger partial charge in [0.1, 0.15) is 23.7 Å². The Kier molecular flexibility index (Phi) is 5.51. The molecule has 0 saturated carbocycles. The Morgan fingerprint density at radius 1 is 1.09 bits per heavy atom. The van der Waals surface area contributed by atoms with Gasteiger partial charge in [0.05, 0.1) is 13.1 Å². The number of nitrogens with zero attached hydrogens (tertiary/aromatic N) is 4. The fraction of sp³-hybridized carbons (Fsp3) is 0.120. The first-order chi connectivity index (χ1) is 16.1. The van der Waals surface area contributed by atoms with E-state index in [1.165, 1.54) is 0 Å². The molecule has 0 unspecified atom stereocenters. The second-order valence-corrected chi connectivity index (χ2v) is 7.90. The van der Waals surface area contributed by atoms with E-state index < -0.39 is 0 Å². The Labute approximate surface area is 195 Å². The van der Waals surface area contributed by atoms with E-state index in [1.807, 2.05) is 42.5 Å². The average Bonchev–Trinajstić information content (AvgIpc) is 3.25. The van der Waals surface area contributed by atoms with Crippen LogP contribution in [0, 0.1) is 6.57 Å². The maximum absolute atomic E-state index is 12.7. The summed E-state index contributed by atoms with van der Waals surface area (Å²) in [6, 6.07) is 16.6. The van der Waals surface area contributed by atoms with Gasteiger partial charge in [0.25, 0.3) is 5.91 Å². The van der Waals surface area contributed by atoms with Crippen LogP contribution in [-0.2, 0) is 13.2 Å². The molecule has 1 amide bonds. The molecule has 0 aliphatic carbocycles. The summed E-state index contributed by atoms with van der Waals surface area (Å²) in [4.78, 5) is 20.1. The number of ether oxygens (including phenoxy) is 1. The number of carbonyl (C=O) groups excluding carboxylic acids is 1. The van der Waals surface area contributed by atoms with E-state index in [2.05, 4.69) is 15.1 Å². The molecule has 0 spiro atoms. The normalized spacial score (nSPS) is 12.5. The van der Waals surface area contributed by atoms with Gasteiger partial charge in [-0.25, -0.2) is 4.85 Å². The summed E-state index contributed by atoms with van der Waals surface area (Å²) in [5.74, 6) is 0.546. The van der Waals surface area contributed by atoms with Gasteiger partial charge in [-0.1, -0.05) is 35.9 Å². The third-order valence-corrected chi connectivity index (χ3v) is 5.71. The van der Waals surface area contributed by atoms with Crippen molar-refractivity contribution >= 4 is 23.2 Å². The van der Waals surface area contributed by atoms with Gasteiger partial charge < -0.3 is 10.1 Å². The van der Waals surface area contributed by atoms with Crippen LogP contribution in [0.3, 0.4) is 0 Å². The van der Waals surface area contributed by atoms with Gasteiger partial charge in [-0.15, -0.1) is 0 Å². The van der Waals surface area contributed by atoms with Gasteiger partial charge in [-0.2, -0.15) is 5.10 Å². The first-order valence-electron chi connectivity index (χ1n) is 10.3. The Morgan fingerprint density at radius 2 is 1.88 bits per heavy atom. The Hall–Kier alpha value is -4.15.